The summed E-state index contributed by atoms with van der Waals surface area (Å²) < 4.78 is 17.5. The number of carbonyl (C=O) groups is 1. The third-order valence-corrected chi connectivity index (χ3v) is 4.78. The molecule has 0 saturated heterocycles. The Labute approximate surface area is 164 Å². The van der Waals surface area contributed by atoms with Crippen molar-refractivity contribution in [3.63, 3.8) is 0 Å². The summed E-state index contributed by atoms with van der Waals surface area (Å²) in [5.41, 5.74) is 1.03. The Balaban J connectivity index is 1.28. The number of amides is 1. The summed E-state index contributed by atoms with van der Waals surface area (Å²) >= 11 is 0. The lowest BCUT2D eigenvalue weighted by Gasteiger charge is -2.29. The van der Waals surface area contributed by atoms with Gasteiger partial charge in [-0.15, -0.1) is 0 Å². The second kappa shape index (κ2) is 8.21. The van der Waals surface area contributed by atoms with Crippen molar-refractivity contribution in [3.05, 3.63) is 72.5 Å². The molecular weight excluding hydrogens is 354 g/mol. The van der Waals surface area contributed by atoms with Gasteiger partial charge in [0.1, 0.15) is 18.1 Å². The second-order valence-electron chi connectivity index (χ2n) is 6.90. The van der Waals surface area contributed by atoms with Crippen molar-refractivity contribution >= 4 is 5.91 Å². The third-order valence-electron chi connectivity index (χ3n) is 4.78. The molecular formula is C23H23NO4. The molecule has 0 radical (unpaired) electrons. The van der Waals surface area contributed by atoms with Crippen molar-refractivity contribution in [2.24, 2.45) is 0 Å². The van der Waals surface area contributed by atoms with Crippen molar-refractivity contribution in [2.75, 3.05) is 20.2 Å². The molecule has 0 spiro atoms. The molecule has 28 heavy (non-hydrogen) atoms. The lowest BCUT2D eigenvalue weighted by molar-refractivity contribution is -0.131. The molecule has 1 aliphatic rings. The lowest BCUT2D eigenvalue weighted by Crippen LogP contribution is -2.41. The van der Waals surface area contributed by atoms with E-state index in [1.165, 1.54) is 0 Å². The summed E-state index contributed by atoms with van der Waals surface area (Å²) in [6, 6.07) is 21.4. The van der Waals surface area contributed by atoms with Gasteiger partial charge in [-0.05, 0) is 24.3 Å². The van der Waals surface area contributed by atoms with Crippen LogP contribution in [0.4, 0.5) is 0 Å². The number of rotatable bonds is 6. The fourth-order valence-electron chi connectivity index (χ4n) is 3.25. The number of benzene rings is 2. The van der Waals surface area contributed by atoms with Crippen LogP contribution in [0.3, 0.4) is 0 Å². The van der Waals surface area contributed by atoms with Crippen LogP contribution in [-0.4, -0.2) is 37.1 Å². The van der Waals surface area contributed by atoms with Crippen LogP contribution in [0.5, 0.6) is 11.5 Å². The number of aryl methyl sites for hydroxylation is 1. The maximum absolute atomic E-state index is 12.5. The summed E-state index contributed by atoms with van der Waals surface area (Å²) in [4.78, 5) is 14.2. The van der Waals surface area contributed by atoms with Gasteiger partial charge in [-0.3, -0.25) is 4.79 Å². The van der Waals surface area contributed by atoms with Crippen molar-refractivity contribution < 1.29 is 18.7 Å². The number of furan rings is 1. The predicted octanol–water partition coefficient (Wildman–Crippen LogP) is 4.18. The third kappa shape index (κ3) is 4.19. The molecule has 144 valence electrons. The molecule has 0 unspecified atom stereocenters. The van der Waals surface area contributed by atoms with Crippen LogP contribution in [0.15, 0.2) is 71.1 Å². The summed E-state index contributed by atoms with van der Waals surface area (Å²) in [7, 11) is 1.80. The van der Waals surface area contributed by atoms with Gasteiger partial charge in [0.2, 0.25) is 5.91 Å². The zero-order chi connectivity index (χ0) is 19.3. The van der Waals surface area contributed by atoms with Gasteiger partial charge in [-0.2, -0.15) is 0 Å². The van der Waals surface area contributed by atoms with Crippen LogP contribution in [0.2, 0.25) is 0 Å². The molecule has 5 nitrogen and oxygen atoms in total. The largest absolute Gasteiger partial charge is 0.486 e. The van der Waals surface area contributed by atoms with E-state index in [4.69, 9.17) is 13.9 Å². The number of ether oxygens (including phenoxy) is 2. The SMILES string of the molecule is CN(C[C@H]1COc2ccccc2O1)C(=O)CCc1ccc(-c2ccccc2)o1. The van der Waals surface area contributed by atoms with Gasteiger partial charge < -0.3 is 18.8 Å². The summed E-state index contributed by atoms with van der Waals surface area (Å²) in [5.74, 6) is 3.16. The van der Waals surface area contributed by atoms with Crippen LogP contribution in [-0.2, 0) is 11.2 Å². The fraction of sp³-hybridized carbons (Fsp3) is 0.261. The van der Waals surface area contributed by atoms with Gasteiger partial charge in [-0.25, -0.2) is 0 Å². The zero-order valence-corrected chi connectivity index (χ0v) is 15.8. The number of carbonyl (C=O) groups excluding carboxylic acids is 1. The van der Waals surface area contributed by atoms with Crippen molar-refractivity contribution in [2.45, 2.75) is 18.9 Å². The smallest absolute Gasteiger partial charge is 0.222 e. The highest BCUT2D eigenvalue weighted by atomic mass is 16.6. The summed E-state index contributed by atoms with van der Waals surface area (Å²) in [6.45, 7) is 0.924. The predicted molar refractivity (Wildman–Crippen MR) is 106 cm³/mol. The van der Waals surface area contributed by atoms with Crippen molar-refractivity contribution in [3.8, 4) is 22.8 Å². The quantitative estimate of drug-likeness (QED) is 0.647. The second-order valence-corrected chi connectivity index (χ2v) is 6.90. The van der Waals surface area contributed by atoms with Gasteiger partial charge in [0.25, 0.3) is 0 Å². The molecule has 0 saturated carbocycles. The molecule has 2 heterocycles. The highest BCUT2D eigenvalue weighted by Crippen LogP contribution is 2.31. The summed E-state index contributed by atoms with van der Waals surface area (Å²) in [6.07, 6.45) is 0.792. The molecule has 3 aromatic rings. The Morgan fingerprint density at radius 3 is 2.57 bits per heavy atom. The van der Waals surface area contributed by atoms with E-state index in [1.54, 1.807) is 11.9 Å². The first kappa shape index (κ1) is 18.2. The fourth-order valence-corrected chi connectivity index (χ4v) is 3.25. The maximum atomic E-state index is 12.5. The Morgan fingerprint density at radius 1 is 1.00 bits per heavy atom. The number of hydrogen-bond donors (Lipinski definition) is 0. The van der Waals surface area contributed by atoms with Gasteiger partial charge >= 0.3 is 0 Å². The topological polar surface area (TPSA) is 51.9 Å². The van der Waals surface area contributed by atoms with Crippen molar-refractivity contribution in [1.82, 2.24) is 4.90 Å². The lowest BCUT2D eigenvalue weighted by atomic mass is 10.2. The van der Waals surface area contributed by atoms with E-state index >= 15 is 0 Å². The van der Waals surface area contributed by atoms with Crippen LogP contribution < -0.4 is 9.47 Å². The average molecular weight is 377 g/mol. The Bertz CT molecular complexity index is 935. The molecule has 0 fully saturated rings. The molecule has 2 aromatic carbocycles. The Kier molecular flexibility index (Phi) is 5.33. The molecule has 0 bridgehead atoms. The average Bonchev–Trinajstić information content (AvgIpc) is 3.21. The van der Waals surface area contributed by atoms with Gasteiger partial charge in [0, 0.05) is 25.5 Å². The van der Waals surface area contributed by atoms with E-state index in [-0.39, 0.29) is 12.0 Å². The first-order valence-corrected chi connectivity index (χ1v) is 9.45. The van der Waals surface area contributed by atoms with Crippen LogP contribution in [0.1, 0.15) is 12.2 Å². The number of fused-ring (bicyclic) bond motifs is 1. The molecule has 1 atom stereocenters. The molecule has 0 N–H and O–H groups in total. The normalized spacial score (nSPS) is 15.2. The monoisotopic (exact) mass is 377 g/mol. The highest BCUT2D eigenvalue weighted by molar-refractivity contribution is 5.76. The Hall–Kier alpha value is -3.21. The number of hydrogen-bond acceptors (Lipinski definition) is 4. The molecule has 4 rings (SSSR count). The molecule has 1 amide bonds. The Morgan fingerprint density at radius 2 is 1.75 bits per heavy atom. The minimum absolute atomic E-state index is 0.0557. The number of para-hydroxylation sites is 2. The van der Waals surface area contributed by atoms with Crippen LogP contribution in [0, 0.1) is 0 Å². The van der Waals surface area contributed by atoms with Crippen molar-refractivity contribution in [1.29, 1.82) is 0 Å². The first-order chi connectivity index (χ1) is 13.7. The first-order valence-electron chi connectivity index (χ1n) is 9.45. The maximum Gasteiger partial charge on any atom is 0.222 e. The minimum atomic E-state index is -0.169. The van der Waals surface area contributed by atoms with Crippen LogP contribution in [0.25, 0.3) is 11.3 Å². The van der Waals surface area contributed by atoms with E-state index < -0.39 is 0 Å². The molecule has 1 aliphatic heterocycles. The van der Waals surface area contributed by atoms with Gasteiger partial charge in [0.15, 0.2) is 17.6 Å². The van der Waals surface area contributed by atoms with Gasteiger partial charge in [-0.1, -0.05) is 42.5 Å². The number of nitrogens with zero attached hydrogens (tertiary/aromatic N) is 1. The minimum Gasteiger partial charge on any atom is -0.486 e. The highest BCUT2D eigenvalue weighted by Gasteiger charge is 2.23. The van der Waals surface area contributed by atoms with E-state index in [9.17, 15) is 4.79 Å². The standard InChI is InChI=1S/C23H23NO4/c1-24(15-19-16-26-21-9-5-6-10-22(21)28-19)23(25)14-12-18-11-13-20(27-18)17-7-3-2-4-8-17/h2-11,13,19H,12,14-16H2,1H3/t19-/m0/s1. The van der Waals surface area contributed by atoms with E-state index in [0.29, 0.717) is 26.0 Å². The van der Waals surface area contributed by atoms with Gasteiger partial charge in [0.05, 0.1) is 6.54 Å². The zero-order valence-electron chi connectivity index (χ0n) is 15.8. The number of likely N-dealkylation sites (N-methyl/N-ethyl adjacent to an activating group) is 1. The van der Waals surface area contributed by atoms with E-state index in [2.05, 4.69) is 0 Å². The summed E-state index contributed by atoms with van der Waals surface area (Å²) in [5, 5.41) is 0. The van der Waals surface area contributed by atoms with E-state index in [1.807, 2.05) is 66.7 Å². The van der Waals surface area contributed by atoms with E-state index in [0.717, 1.165) is 28.6 Å². The molecule has 5 heteroatoms. The molecule has 0 aliphatic carbocycles. The van der Waals surface area contributed by atoms with Crippen LogP contribution >= 0.6 is 0 Å². The molecule has 1 aromatic heterocycles.